The van der Waals surface area contributed by atoms with Crippen LogP contribution >= 0.6 is 0 Å². The fraction of sp³-hybridized carbons (Fsp3) is 0.923. The third kappa shape index (κ3) is 3.04. The Kier molecular flexibility index (Phi) is 5.30. The second-order valence-electron chi connectivity index (χ2n) is 4.59. The minimum Gasteiger partial charge on any atom is -0.374 e. The van der Waals surface area contributed by atoms with Crippen molar-refractivity contribution in [3.8, 4) is 0 Å². The number of carbonyl (C=O) groups excluding carboxylic acids is 1. The van der Waals surface area contributed by atoms with Crippen molar-refractivity contribution in [1.82, 2.24) is 0 Å². The topological polar surface area (TPSA) is 26.3 Å². The summed E-state index contributed by atoms with van der Waals surface area (Å²) in [5, 5.41) is 0. The molecule has 1 rings (SSSR count). The van der Waals surface area contributed by atoms with Crippen molar-refractivity contribution < 1.29 is 9.53 Å². The lowest BCUT2D eigenvalue weighted by Crippen LogP contribution is -2.35. The van der Waals surface area contributed by atoms with Crippen LogP contribution in [0.3, 0.4) is 0 Å². The lowest BCUT2D eigenvalue weighted by Gasteiger charge is -2.31. The number of methoxy groups -OCH3 is 1. The minimum absolute atomic E-state index is 0.165. The Morgan fingerprint density at radius 2 is 2.00 bits per heavy atom. The molecule has 0 saturated heterocycles. The number of ketones is 1. The molecule has 1 aliphatic carbocycles. The second kappa shape index (κ2) is 6.26. The Hall–Kier alpha value is -0.370. The lowest BCUT2D eigenvalue weighted by molar-refractivity contribution is -0.136. The molecular weight excluding hydrogens is 188 g/mol. The third-order valence-electron chi connectivity index (χ3n) is 3.77. The first-order chi connectivity index (χ1) is 7.24. The Morgan fingerprint density at radius 1 is 1.33 bits per heavy atom. The third-order valence-corrected chi connectivity index (χ3v) is 3.77. The smallest absolute Gasteiger partial charge is 0.164 e. The Morgan fingerprint density at radius 3 is 2.53 bits per heavy atom. The zero-order valence-corrected chi connectivity index (χ0v) is 10.3. The summed E-state index contributed by atoms with van der Waals surface area (Å²) in [4.78, 5) is 12.2. The van der Waals surface area contributed by atoms with Gasteiger partial charge in [-0.1, -0.05) is 33.1 Å². The average Bonchev–Trinajstić information content (AvgIpc) is 2.30. The van der Waals surface area contributed by atoms with Gasteiger partial charge in [0.15, 0.2) is 5.78 Å². The number of rotatable bonds is 5. The molecule has 0 spiro atoms. The van der Waals surface area contributed by atoms with Crippen LogP contribution in [-0.2, 0) is 9.53 Å². The van der Waals surface area contributed by atoms with E-state index in [1.54, 1.807) is 7.11 Å². The average molecular weight is 212 g/mol. The summed E-state index contributed by atoms with van der Waals surface area (Å²) in [5.74, 6) is 1.23. The van der Waals surface area contributed by atoms with Gasteiger partial charge in [0.05, 0.1) is 0 Å². The fourth-order valence-corrected chi connectivity index (χ4v) is 2.79. The molecule has 0 aromatic rings. The molecule has 1 saturated carbocycles. The van der Waals surface area contributed by atoms with Crippen molar-refractivity contribution >= 4 is 5.78 Å². The van der Waals surface area contributed by atoms with Crippen molar-refractivity contribution in [2.24, 2.45) is 11.8 Å². The highest BCUT2D eigenvalue weighted by molar-refractivity contribution is 5.85. The molecule has 88 valence electrons. The molecule has 0 amide bonds. The maximum absolute atomic E-state index is 12.2. The number of hydrogen-bond donors (Lipinski definition) is 0. The van der Waals surface area contributed by atoms with E-state index in [0.717, 1.165) is 19.3 Å². The molecule has 2 nitrogen and oxygen atoms in total. The van der Waals surface area contributed by atoms with Crippen LogP contribution in [0.5, 0.6) is 0 Å². The van der Waals surface area contributed by atoms with Gasteiger partial charge < -0.3 is 4.74 Å². The zero-order valence-electron chi connectivity index (χ0n) is 10.3. The van der Waals surface area contributed by atoms with Gasteiger partial charge in [-0.25, -0.2) is 0 Å². The number of Topliss-reactive ketones (excluding diaryl/α,β-unsaturated/α-hetero) is 1. The molecule has 1 aliphatic rings. The van der Waals surface area contributed by atoms with Crippen LogP contribution in [0.1, 0.15) is 52.4 Å². The minimum atomic E-state index is -0.165. The largest absolute Gasteiger partial charge is 0.374 e. The highest BCUT2D eigenvalue weighted by Gasteiger charge is 2.33. The van der Waals surface area contributed by atoms with Gasteiger partial charge in [-0.15, -0.1) is 0 Å². The van der Waals surface area contributed by atoms with Crippen molar-refractivity contribution in [3.63, 3.8) is 0 Å². The highest BCUT2D eigenvalue weighted by Crippen LogP contribution is 2.34. The van der Waals surface area contributed by atoms with Crippen LogP contribution < -0.4 is 0 Å². The first kappa shape index (κ1) is 12.7. The molecule has 3 atom stereocenters. The van der Waals surface area contributed by atoms with Gasteiger partial charge in [0.25, 0.3) is 0 Å². The van der Waals surface area contributed by atoms with E-state index in [2.05, 4.69) is 6.92 Å². The Balaban J connectivity index is 2.62. The maximum atomic E-state index is 12.2. The van der Waals surface area contributed by atoms with Gasteiger partial charge in [-0.3, -0.25) is 4.79 Å². The standard InChI is InChI=1S/C13H24O2/c1-4-10-8-6-7-9-11(10)13(14)12(5-2)15-3/h10-12H,4-9H2,1-3H3. The summed E-state index contributed by atoms with van der Waals surface area (Å²) >= 11 is 0. The molecule has 0 aromatic heterocycles. The number of ether oxygens (including phenoxy) is 1. The quantitative estimate of drug-likeness (QED) is 0.699. The SMILES string of the molecule is CCC(OC)C(=O)C1CCCCC1CC. The maximum Gasteiger partial charge on any atom is 0.164 e. The first-order valence-electron chi connectivity index (χ1n) is 6.31. The molecule has 2 heteroatoms. The molecule has 0 bridgehead atoms. The Bertz CT molecular complexity index is 197. The normalized spacial score (nSPS) is 28.7. The lowest BCUT2D eigenvalue weighted by atomic mass is 9.74. The van der Waals surface area contributed by atoms with Crippen LogP contribution in [0.25, 0.3) is 0 Å². The summed E-state index contributed by atoms with van der Waals surface area (Å²) in [6.45, 7) is 4.22. The van der Waals surface area contributed by atoms with Gasteiger partial charge in [-0.05, 0) is 25.2 Å². The van der Waals surface area contributed by atoms with Crippen molar-refractivity contribution in [2.75, 3.05) is 7.11 Å². The van der Waals surface area contributed by atoms with E-state index < -0.39 is 0 Å². The van der Waals surface area contributed by atoms with Gasteiger partial charge >= 0.3 is 0 Å². The predicted octanol–water partition coefficient (Wildman–Crippen LogP) is 3.20. The van der Waals surface area contributed by atoms with E-state index in [1.807, 2.05) is 6.92 Å². The molecule has 0 aromatic carbocycles. The van der Waals surface area contributed by atoms with Crippen molar-refractivity contribution in [1.29, 1.82) is 0 Å². The van der Waals surface area contributed by atoms with Crippen LogP contribution in [0.2, 0.25) is 0 Å². The van der Waals surface area contributed by atoms with Gasteiger partial charge in [0.1, 0.15) is 6.10 Å². The van der Waals surface area contributed by atoms with E-state index in [9.17, 15) is 4.79 Å². The second-order valence-corrected chi connectivity index (χ2v) is 4.59. The van der Waals surface area contributed by atoms with E-state index in [1.165, 1.54) is 19.3 Å². The number of carbonyl (C=O) groups is 1. The summed E-state index contributed by atoms with van der Waals surface area (Å²) in [6, 6.07) is 0. The van der Waals surface area contributed by atoms with Gasteiger partial charge in [0, 0.05) is 13.0 Å². The zero-order chi connectivity index (χ0) is 11.3. The molecular formula is C13H24O2. The van der Waals surface area contributed by atoms with E-state index in [-0.39, 0.29) is 12.0 Å². The monoisotopic (exact) mass is 212 g/mol. The van der Waals surface area contributed by atoms with Gasteiger partial charge in [-0.2, -0.15) is 0 Å². The Labute approximate surface area is 93.4 Å². The van der Waals surface area contributed by atoms with Crippen LogP contribution in [0.15, 0.2) is 0 Å². The summed E-state index contributed by atoms with van der Waals surface area (Å²) in [7, 11) is 1.65. The molecule has 3 unspecified atom stereocenters. The van der Waals surface area contributed by atoms with Crippen molar-refractivity contribution in [3.05, 3.63) is 0 Å². The molecule has 0 aliphatic heterocycles. The first-order valence-corrected chi connectivity index (χ1v) is 6.31. The highest BCUT2D eigenvalue weighted by atomic mass is 16.5. The van der Waals surface area contributed by atoms with Gasteiger partial charge in [0.2, 0.25) is 0 Å². The molecule has 15 heavy (non-hydrogen) atoms. The van der Waals surface area contributed by atoms with Crippen LogP contribution in [0.4, 0.5) is 0 Å². The molecule has 0 radical (unpaired) electrons. The van der Waals surface area contributed by atoms with Crippen molar-refractivity contribution in [2.45, 2.75) is 58.5 Å². The van der Waals surface area contributed by atoms with E-state index in [0.29, 0.717) is 11.7 Å². The summed E-state index contributed by atoms with van der Waals surface area (Å²) in [5.41, 5.74) is 0. The van der Waals surface area contributed by atoms with Crippen LogP contribution in [0, 0.1) is 11.8 Å². The van der Waals surface area contributed by atoms with E-state index in [4.69, 9.17) is 4.74 Å². The van der Waals surface area contributed by atoms with Crippen LogP contribution in [-0.4, -0.2) is 19.0 Å². The molecule has 1 fully saturated rings. The summed E-state index contributed by atoms with van der Waals surface area (Å²) < 4.78 is 5.26. The molecule has 0 heterocycles. The molecule has 0 N–H and O–H groups in total. The number of hydrogen-bond acceptors (Lipinski definition) is 2. The predicted molar refractivity (Wildman–Crippen MR) is 61.8 cm³/mol. The fourth-order valence-electron chi connectivity index (χ4n) is 2.79. The summed E-state index contributed by atoms with van der Waals surface area (Å²) in [6.07, 6.45) is 6.60. The van der Waals surface area contributed by atoms with E-state index >= 15 is 0 Å².